The lowest BCUT2D eigenvalue weighted by Gasteiger charge is -2.31. The highest BCUT2D eigenvalue weighted by Crippen LogP contribution is 2.30. The van der Waals surface area contributed by atoms with Crippen molar-refractivity contribution >= 4 is 21.6 Å². The number of halogens is 1. The van der Waals surface area contributed by atoms with Crippen LogP contribution in [0.15, 0.2) is 22.7 Å². The standard InChI is InChI=1S/C15H22BrNO/c1-2-11-5-3-4-6-15(11)18-10-12-7-8-13(16)9-14(12)17/h7-9,11,15H,2-6,10,17H2,1H3. The lowest BCUT2D eigenvalue weighted by atomic mass is 9.85. The molecule has 2 rings (SSSR count). The van der Waals surface area contributed by atoms with E-state index in [1.807, 2.05) is 18.2 Å². The Balaban J connectivity index is 1.93. The van der Waals surface area contributed by atoms with Gasteiger partial charge in [0.05, 0.1) is 12.7 Å². The summed E-state index contributed by atoms with van der Waals surface area (Å²) in [5.41, 5.74) is 7.90. The van der Waals surface area contributed by atoms with Crippen LogP contribution in [-0.4, -0.2) is 6.10 Å². The van der Waals surface area contributed by atoms with Crippen LogP contribution in [0, 0.1) is 5.92 Å². The van der Waals surface area contributed by atoms with Gasteiger partial charge in [0.1, 0.15) is 0 Å². The van der Waals surface area contributed by atoms with Crippen molar-refractivity contribution < 1.29 is 4.74 Å². The third kappa shape index (κ3) is 3.48. The highest BCUT2D eigenvalue weighted by molar-refractivity contribution is 9.10. The van der Waals surface area contributed by atoms with Gasteiger partial charge >= 0.3 is 0 Å². The zero-order chi connectivity index (χ0) is 13.0. The molecule has 2 N–H and O–H groups in total. The van der Waals surface area contributed by atoms with E-state index in [2.05, 4.69) is 22.9 Å². The van der Waals surface area contributed by atoms with Gasteiger partial charge in [-0.05, 0) is 30.9 Å². The van der Waals surface area contributed by atoms with E-state index < -0.39 is 0 Å². The van der Waals surface area contributed by atoms with Gasteiger partial charge < -0.3 is 10.5 Å². The van der Waals surface area contributed by atoms with Gasteiger partial charge in [-0.25, -0.2) is 0 Å². The van der Waals surface area contributed by atoms with Crippen LogP contribution in [0.3, 0.4) is 0 Å². The van der Waals surface area contributed by atoms with Crippen LogP contribution in [-0.2, 0) is 11.3 Å². The first-order chi connectivity index (χ1) is 8.70. The summed E-state index contributed by atoms with van der Waals surface area (Å²) in [4.78, 5) is 0. The van der Waals surface area contributed by atoms with Gasteiger partial charge in [-0.3, -0.25) is 0 Å². The summed E-state index contributed by atoms with van der Waals surface area (Å²) >= 11 is 3.42. The maximum atomic E-state index is 6.10. The minimum absolute atomic E-state index is 0.423. The average molecular weight is 312 g/mol. The topological polar surface area (TPSA) is 35.2 Å². The van der Waals surface area contributed by atoms with E-state index in [1.54, 1.807) is 0 Å². The molecular formula is C15H22BrNO. The molecule has 100 valence electrons. The summed E-state index contributed by atoms with van der Waals surface area (Å²) in [6, 6.07) is 6.01. The SMILES string of the molecule is CCC1CCCCC1OCc1ccc(Br)cc1N. The molecule has 1 aromatic carbocycles. The molecule has 1 aliphatic carbocycles. The molecule has 1 saturated carbocycles. The molecule has 0 aliphatic heterocycles. The first kappa shape index (κ1) is 13.9. The fourth-order valence-corrected chi connectivity index (χ4v) is 3.13. The molecule has 2 unspecified atom stereocenters. The van der Waals surface area contributed by atoms with Gasteiger partial charge in [-0.15, -0.1) is 0 Å². The Bertz CT molecular complexity index is 394. The van der Waals surface area contributed by atoms with Crippen molar-refractivity contribution in [2.24, 2.45) is 5.92 Å². The number of nitrogen functional groups attached to an aromatic ring is 1. The Morgan fingerprint density at radius 2 is 2.11 bits per heavy atom. The van der Waals surface area contributed by atoms with E-state index in [0.717, 1.165) is 21.6 Å². The number of ether oxygens (including phenoxy) is 1. The summed E-state index contributed by atoms with van der Waals surface area (Å²) in [5, 5.41) is 0. The quantitative estimate of drug-likeness (QED) is 0.830. The number of rotatable bonds is 4. The molecule has 0 saturated heterocycles. The number of nitrogens with two attached hydrogens (primary N) is 1. The Labute approximate surface area is 118 Å². The Kier molecular flexibility index (Phi) is 5.07. The summed E-state index contributed by atoms with van der Waals surface area (Å²) in [6.07, 6.45) is 6.83. The zero-order valence-corrected chi connectivity index (χ0v) is 12.6. The molecular weight excluding hydrogens is 290 g/mol. The molecule has 1 aliphatic rings. The van der Waals surface area contributed by atoms with Gasteiger partial charge in [-0.1, -0.05) is 48.2 Å². The number of hydrogen-bond donors (Lipinski definition) is 1. The van der Waals surface area contributed by atoms with Crippen molar-refractivity contribution in [1.82, 2.24) is 0 Å². The Morgan fingerprint density at radius 1 is 1.33 bits per heavy atom. The summed E-state index contributed by atoms with van der Waals surface area (Å²) in [5.74, 6) is 0.732. The first-order valence-electron chi connectivity index (χ1n) is 6.86. The van der Waals surface area contributed by atoms with Crippen molar-refractivity contribution in [3.8, 4) is 0 Å². The number of hydrogen-bond acceptors (Lipinski definition) is 2. The highest BCUT2D eigenvalue weighted by atomic mass is 79.9. The summed E-state index contributed by atoms with van der Waals surface area (Å²) < 4.78 is 7.12. The maximum Gasteiger partial charge on any atom is 0.0740 e. The molecule has 2 nitrogen and oxygen atoms in total. The molecule has 3 heteroatoms. The summed E-state index contributed by atoms with van der Waals surface area (Å²) in [7, 11) is 0. The molecule has 0 radical (unpaired) electrons. The predicted molar refractivity (Wildman–Crippen MR) is 79.4 cm³/mol. The van der Waals surface area contributed by atoms with Crippen LogP contribution < -0.4 is 5.73 Å². The van der Waals surface area contributed by atoms with Gasteiger partial charge in [0.15, 0.2) is 0 Å². The van der Waals surface area contributed by atoms with Crippen LogP contribution in [0.2, 0.25) is 0 Å². The van der Waals surface area contributed by atoms with E-state index in [1.165, 1.54) is 32.1 Å². The monoisotopic (exact) mass is 311 g/mol. The number of anilines is 1. The largest absolute Gasteiger partial charge is 0.398 e. The molecule has 2 atom stereocenters. The van der Waals surface area contributed by atoms with Crippen molar-refractivity contribution in [2.75, 3.05) is 5.73 Å². The molecule has 1 aromatic rings. The Morgan fingerprint density at radius 3 is 2.83 bits per heavy atom. The molecule has 0 bridgehead atoms. The highest BCUT2D eigenvalue weighted by Gasteiger charge is 2.24. The fourth-order valence-electron chi connectivity index (χ4n) is 2.75. The zero-order valence-electron chi connectivity index (χ0n) is 11.0. The van der Waals surface area contributed by atoms with Crippen LogP contribution in [0.25, 0.3) is 0 Å². The minimum Gasteiger partial charge on any atom is -0.398 e. The second-order valence-corrected chi connectivity index (χ2v) is 6.06. The minimum atomic E-state index is 0.423. The van der Waals surface area contributed by atoms with Crippen molar-refractivity contribution in [1.29, 1.82) is 0 Å². The molecule has 0 spiro atoms. The van der Waals surface area contributed by atoms with Crippen LogP contribution in [0.1, 0.15) is 44.6 Å². The lowest BCUT2D eigenvalue weighted by molar-refractivity contribution is -0.0219. The third-order valence-corrected chi connectivity index (χ3v) is 4.42. The van der Waals surface area contributed by atoms with Gasteiger partial charge in [0.2, 0.25) is 0 Å². The van der Waals surface area contributed by atoms with E-state index >= 15 is 0 Å². The number of benzene rings is 1. The van der Waals surface area contributed by atoms with E-state index in [-0.39, 0.29) is 0 Å². The normalized spacial score (nSPS) is 24.1. The maximum absolute atomic E-state index is 6.10. The molecule has 1 fully saturated rings. The smallest absolute Gasteiger partial charge is 0.0740 e. The fraction of sp³-hybridized carbons (Fsp3) is 0.600. The first-order valence-corrected chi connectivity index (χ1v) is 7.65. The average Bonchev–Trinajstić information content (AvgIpc) is 2.38. The predicted octanol–water partition coefficient (Wildman–Crippen LogP) is 4.52. The molecule has 0 aromatic heterocycles. The van der Waals surface area contributed by atoms with Crippen LogP contribution in [0.5, 0.6) is 0 Å². The van der Waals surface area contributed by atoms with Crippen LogP contribution in [0.4, 0.5) is 5.69 Å². The van der Waals surface area contributed by atoms with Gasteiger partial charge in [0.25, 0.3) is 0 Å². The summed E-state index contributed by atoms with van der Waals surface area (Å²) in [6.45, 7) is 2.90. The van der Waals surface area contributed by atoms with E-state index in [9.17, 15) is 0 Å². The van der Waals surface area contributed by atoms with Crippen LogP contribution >= 0.6 is 15.9 Å². The second-order valence-electron chi connectivity index (χ2n) is 5.15. The van der Waals surface area contributed by atoms with E-state index in [0.29, 0.717) is 12.7 Å². The van der Waals surface area contributed by atoms with Crippen molar-refractivity contribution in [3.63, 3.8) is 0 Å². The van der Waals surface area contributed by atoms with Crippen molar-refractivity contribution in [2.45, 2.75) is 51.7 Å². The molecule has 0 amide bonds. The third-order valence-electron chi connectivity index (χ3n) is 3.92. The Hall–Kier alpha value is -0.540. The van der Waals surface area contributed by atoms with Gasteiger partial charge in [0, 0.05) is 15.7 Å². The molecule has 0 heterocycles. The van der Waals surface area contributed by atoms with Crippen molar-refractivity contribution in [3.05, 3.63) is 28.2 Å². The van der Waals surface area contributed by atoms with Gasteiger partial charge in [-0.2, -0.15) is 0 Å². The molecule has 18 heavy (non-hydrogen) atoms. The second kappa shape index (κ2) is 6.58. The van der Waals surface area contributed by atoms with E-state index in [4.69, 9.17) is 10.5 Å². The lowest BCUT2D eigenvalue weighted by Crippen LogP contribution is -2.27.